The first-order valence-electron chi connectivity index (χ1n) is 5.68. The van der Waals surface area contributed by atoms with E-state index < -0.39 is 5.97 Å². The van der Waals surface area contributed by atoms with Gasteiger partial charge >= 0.3 is 5.97 Å². The molecule has 0 amide bonds. The Balaban J connectivity index is 0.000000171. The summed E-state index contributed by atoms with van der Waals surface area (Å²) in [4.78, 5) is 20.1. The number of benzene rings is 1. The lowest BCUT2D eigenvalue weighted by molar-refractivity contribution is -0.139. The first-order valence-corrected chi connectivity index (χ1v) is 5.68. The summed E-state index contributed by atoms with van der Waals surface area (Å²) in [6.07, 6.45) is 3.22. The van der Waals surface area contributed by atoms with Gasteiger partial charge in [0.2, 0.25) is 0 Å². The first kappa shape index (κ1) is 13.4. The average Bonchev–Trinajstić information content (AvgIpc) is 2.85. The van der Waals surface area contributed by atoms with Crippen molar-refractivity contribution in [2.75, 3.05) is 6.54 Å². The molecular formula is C13H17NO3. The van der Waals surface area contributed by atoms with Crippen molar-refractivity contribution in [2.24, 2.45) is 0 Å². The Bertz CT molecular complexity index is 345. The molecule has 1 aromatic carbocycles. The summed E-state index contributed by atoms with van der Waals surface area (Å²) in [6, 6.07) is 9.41. The highest BCUT2D eigenvalue weighted by Gasteiger charge is 2.20. The Morgan fingerprint density at radius 1 is 1.41 bits per heavy atom. The van der Waals surface area contributed by atoms with Gasteiger partial charge in [0.1, 0.15) is 12.3 Å². The van der Waals surface area contributed by atoms with Crippen molar-refractivity contribution in [1.82, 2.24) is 5.32 Å². The molecule has 17 heavy (non-hydrogen) atoms. The highest BCUT2D eigenvalue weighted by Crippen LogP contribution is 2.03. The fourth-order valence-corrected chi connectivity index (χ4v) is 1.61. The van der Waals surface area contributed by atoms with Crippen molar-refractivity contribution in [1.29, 1.82) is 0 Å². The summed E-state index contributed by atoms with van der Waals surface area (Å²) >= 11 is 0. The van der Waals surface area contributed by atoms with Crippen molar-refractivity contribution < 1.29 is 14.7 Å². The Labute approximate surface area is 101 Å². The van der Waals surface area contributed by atoms with Crippen LogP contribution < -0.4 is 5.32 Å². The fraction of sp³-hybridized carbons (Fsp3) is 0.385. The number of aldehydes is 1. The molecule has 0 radical (unpaired) electrons. The van der Waals surface area contributed by atoms with Crippen LogP contribution in [-0.2, 0) is 16.0 Å². The van der Waals surface area contributed by atoms with E-state index in [1.807, 2.05) is 30.3 Å². The molecule has 1 atom stereocenters. The molecule has 0 aliphatic carbocycles. The Morgan fingerprint density at radius 2 is 2.12 bits per heavy atom. The monoisotopic (exact) mass is 235 g/mol. The van der Waals surface area contributed by atoms with E-state index in [0.717, 1.165) is 31.2 Å². The summed E-state index contributed by atoms with van der Waals surface area (Å²) in [5.41, 5.74) is 1.08. The van der Waals surface area contributed by atoms with Gasteiger partial charge in [0.15, 0.2) is 0 Å². The molecule has 4 heteroatoms. The van der Waals surface area contributed by atoms with Crippen molar-refractivity contribution in [3.05, 3.63) is 35.9 Å². The number of carbonyl (C=O) groups excluding carboxylic acids is 1. The molecule has 1 fully saturated rings. The van der Waals surface area contributed by atoms with E-state index in [-0.39, 0.29) is 6.04 Å². The van der Waals surface area contributed by atoms with Gasteiger partial charge in [-0.1, -0.05) is 30.3 Å². The van der Waals surface area contributed by atoms with Gasteiger partial charge in [0.25, 0.3) is 0 Å². The van der Waals surface area contributed by atoms with Crippen LogP contribution >= 0.6 is 0 Å². The highest BCUT2D eigenvalue weighted by molar-refractivity contribution is 5.73. The SMILES string of the molecule is O=C(O)[C@@H]1CCCN1.O=CCc1ccccc1. The van der Waals surface area contributed by atoms with E-state index in [1.165, 1.54) is 0 Å². The molecule has 0 aromatic heterocycles. The number of carboxylic acid groups (broad SMARTS) is 1. The average molecular weight is 235 g/mol. The number of carbonyl (C=O) groups is 2. The predicted octanol–water partition coefficient (Wildman–Crippen LogP) is 1.25. The van der Waals surface area contributed by atoms with Gasteiger partial charge in [-0.15, -0.1) is 0 Å². The summed E-state index contributed by atoms with van der Waals surface area (Å²) in [7, 11) is 0. The summed E-state index contributed by atoms with van der Waals surface area (Å²) in [6.45, 7) is 0.858. The molecule has 0 unspecified atom stereocenters. The number of rotatable bonds is 3. The van der Waals surface area contributed by atoms with Crippen LogP contribution in [0.2, 0.25) is 0 Å². The van der Waals surface area contributed by atoms with Crippen LogP contribution in [0.4, 0.5) is 0 Å². The van der Waals surface area contributed by atoms with Gasteiger partial charge < -0.3 is 15.2 Å². The van der Waals surface area contributed by atoms with E-state index >= 15 is 0 Å². The van der Waals surface area contributed by atoms with Crippen molar-refractivity contribution >= 4 is 12.3 Å². The van der Waals surface area contributed by atoms with Gasteiger partial charge in [0, 0.05) is 6.42 Å². The quantitative estimate of drug-likeness (QED) is 0.774. The second-order valence-corrected chi connectivity index (χ2v) is 3.84. The van der Waals surface area contributed by atoms with Gasteiger partial charge in [-0.05, 0) is 24.9 Å². The lowest BCUT2D eigenvalue weighted by Gasteiger charge is -1.99. The molecule has 1 aliphatic rings. The van der Waals surface area contributed by atoms with E-state index in [0.29, 0.717) is 6.42 Å². The van der Waals surface area contributed by atoms with Crippen LogP contribution in [0.1, 0.15) is 18.4 Å². The Kier molecular flexibility index (Phi) is 5.96. The van der Waals surface area contributed by atoms with Crippen molar-refractivity contribution in [3.63, 3.8) is 0 Å². The standard InChI is InChI=1S/C8H8O.C5H9NO2/c9-7-6-8-4-2-1-3-5-8;7-5(8)4-2-1-3-6-4/h1-5,7H,6H2;4,6H,1-3H2,(H,7,8)/t;4-/m.0/s1. The van der Waals surface area contributed by atoms with Crippen molar-refractivity contribution in [2.45, 2.75) is 25.3 Å². The summed E-state index contributed by atoms with van der Waals surface area (Å²) in [5, 5.41) is 11.2. The molecule has 2 N–H and O–H groups in total. The molecule has 1 aliphatic heterocycles. The van der Waals surface area contributed by atoms with Gasteiger partial charge in [-0.2, -0.15) is 0 Å². The topological polar surface area (TPSA) is 66.4 Å². The number of hydrogen-bond acceptors (Lipinski definition) is 3. The largest absolute Gasteiger partial charge is 0.480 e. The summed E-state index contributed by atoms with van der Waals surface area (Å²) < 4.78 is 0. The fourth-order valence-electron chi connectivity index (χ4n) is 1.61. The molecule has 1 saturated heterocycles. The van der Waals surface area contributed by atoms with Crippen LogP contribution in [0.5, 0.6) is 0 Å². The molecule has 1 heterocycles. The Hall–Kier alpha value is -1.68. The maximum atomic E-state index is 10.1. The van der Waals surface area contributed by atoms with Crippen LogP contribution in [-0.4, -0.2) is 29.9 Å². The minimum atomic E-state index is -0.720. The molecule has 4 nitrogen and oxygen atoms in total. The van der Waals surface area contributed by atoms with Crippen LogP contribution in [0.3, 0.4) is 0 Å². The van der Waals surface area contributed by atoms with Crippen LogP contribution in [0.15, 0.2) is 30.3 Å². The molecule has 92 valence electrons. The zero-order chi connectivity index (χ0) is 12.5. The number of nitrogens with one attached hydrogen (secondary N) is 1. The summed E-state index contributed by atoms with van der Waals surface area (Å²) in [5.74, 6) is -0.720. The van der Waals surface area contributed by atoms with E-state index in [9.17, 15) is 9.59 Å². The van der Waals surface area contributed by atoms with Gasteiger partial charge in [-0.3, -0.25) is 4.79 Å². The first-order chi connectivity index (χ1) is 8.24. The lowest BCUT2D eigenvalue weighted by Crippen LogP contribution is -2.29. The smallest absolute Gasteiger partial charge is 0.320 e. The van der Waals surface area contributed by atoms with Crippen LogP contribution in [0, 0.1) is 0 Å². The molecule has 0 spiro atoms. The van der Waals surface area contributed by atoms with E-state index in [2.05, 4.69) is 5.32 Å². The normalized spacial score (nSPS) is 18.0. The number of carboxylic acids is 1. The zero-order valence-electron chi connectivity index (χ0n) is 9.63. The van der Waals surface area contributed by atoms with Crippen molar-refractivity contribution in [3.8, 4) is 0 Å². The second-order valence-electron chi connectivity index (χ2n) is 3.84. The van der Waals surface area contributed by atoms with Gasteiger partial charge in [-0.25, -0.2) is 0 Å². The molecule has 2 rings (SSSR count). The molecule has 0 saturated carbocycles. The van der Waals surface area contributed by atoms with E-state index in [4.69, 9.17) is 5.11 Å². The Morgan fingerprint density at radius 3 is 2.53 bits per heavy atom. The molecule has 1 aromatic rings. The van der Waals surface area contributed by atoms with E-state index in [1.54, 1.807) is 0 Å². The van der Waals surface area contributed by atoms with Gasteiger partial charge in [0.05, 0.1) is 0 Å². The molecular weight excluding hydrogens is 218 g/mol. The third-order valence-corrected chi connectivity index (χ3v) is 2.52. The molecule has 0 bridgehead atoms. The lowest BCUT2D eigenvalue weighted by atomic mass is 10.2. The number of hydrogen-bond donors (Lipinski definition) is 2. The minimum absolute atomic E-state index is 0.269. The predicted molar refractivity (Wildman–Crippen MR) is 64.9 cm³/mol. The second kappa shape index (κ2) is 7.57. The maximum Gasteiger partial charge on any atom is 0.320 e. The zero-order valence-corrected chi connectivity index (χ0v) is 9.63. The minimum Gasteiger partial charge on any atom is -0.480 e. The van der Waals surface area contributed by atoms with Crippen LogP contribution in [0.25, 0.3) is 0 Å². The third kappa shape index (κ3) is 5.26. The number of aliphatic carboxylic acids is 1. The third-order valence-electron chi connectivity index (χ3n) is 2.52. The highest BCUT2D eigenvalue weighted by atomic mass is 16.4. The maximum absolute atomic E-state index is 10.1.